The minimum Gasteiger partial charge on any atom is -0.457 e. The van der Waals surface area contributed by atoms with Crippen LogP contribution in [-0.2, 0) is 0 Å². The van der Waals surface area contributed by atoms with Crippen LogP contribution in [0.1, 0.15) is 37.3 Å². The van der Waals surface area contributed by atoms with E-state index >= 15 is 0 Å². The first kappa shape index (κ1) is 17.0. The minimum absolute atomic E-state index is 0.374. The number of likely N-dealkylation sites (N-methyl/N-ethyl adjacent to an activating group) is 2. The van der Waals surface area contributed by atoms with Crippen LogP contribution in [0.25, 0.3) is 0 Å². The molecule has 1 atom stereocenters. The van der Waals surface area contributed by atoms with Crippen LogP contribution in [0, 0.1) is 0 Å². The van der Waals surface area contributed by atoms with Crippen molar-refractivity contribution in [3.05, 3.63) is 59.7 Å². The lowest BCUT2D eigenvalue weighted by Crippen LogP contribution is -2.40. The summed E-state index contributed by atoms with van der Waals surface area (Å²) in [7, 11) is 2.07. The molecular weight excluding hydrogens is 296 g/mol. The number of para-hydroxylation sites is 2. The van der Waals surface area contributed by atoms with Gasteiger partial charge in [0.05, 0.1) is 0 Å². The Morgan fingerprint density at radius 1 is 0.958 bits per heavy atom. The van der Waals surface area contributed by atoms with Crippen molar-refractivity contribution in [2.45, 2.75) is 32.2 Å². The van der Waals surface area contributed by atoms with Gasteiger partial charge in [-0.25, -0.2) is 0 Å². The maximum Gasteiger partial charge on any atom is 0.131 e. The van der Waals surface area contributed by atoms with Gasteiger partial charge in [-0.2, -0.15) is 0 Å². The van der Waals surface area contributed by atoms with Gasteiger partial charge in [0.25, 0.3) is 0 Å². The van der Waals surface area contributed by atoms with Gasteiger partial charge < -0.3 is 15.0 Å². The molecule has 3 heteroatoms. The molecule has 1 aliphatic heterocycles. The predicted molar refractivity (Wildman–Crippen MR) is 100 cm³/mol. The molecule has 1 unspecified atom stereocenters. The van der Waals surface area contributed by atoms with Gasteiger partial charge in [-0.05, 0) is 38.7 Å². The van der Waals surface area contributed by atoms with Crippen LogP contribution in [0.2, 0.25) is 0 Å². The summed E-state index contributed by atoms with van der Waals surface area (Å²) < 4.78 is 6.12. The lowest BCUT2D eigenvalue weighted by Gasteiger charge is -2.32. The van der Waals surface area contributed by atoms with Gasteiger partial charge in [-0.1, -0.05) is 50.2 Å². The molecule has 0 aromatic heterocycles. The molecule has 0 spiro atoms. The van der Waals surface area contributed by atoms with Crippen molar-refractivity contribution in [2.75, 3.05) is 26.7 Å². The van der Waals surface area contributed by atoms with Gasteiger partial charge in [0.15, 0.2) is 0 Å². The smallest absolute Gasteiger partial charge is 0.131 e. The van der Waals surface area contributed by atoms with Crippen LogP contribution in [0.5, 0.6) is 11.5 Å². The average Bonchev–Trinajstić information content (AvgIpc) is 2.64. The fourth-order valence-electron chi connectivity index (χ4n) is 3.62. The summed E-state index contributed by atoms with van der Waals surface area (Å²) >= 11 is 0. The second kappa shape index (κ2) is 7.82. The Morgan fingerprint density at radius 3 is 2.00 bits per heavy atom. The summed E-state index contributed by atoms with van der Waals surface area (Å²) in [5, 5.41) is 3.53. The van der Waals surface area contributed by atoms with Crippen molar-refractivity contribution >= 4 is 0 Å². The Morgan fingerprint density at radius 2 is 1.50 bits per heavy atom. The van der Waals surface area contributed by atoms with Crippen LogP contribution >= 0.6 is 0 Å². The van der Waals surface area contributed by atoms with Gasteiger partial charge in [-0.3, -0.25) is 0 Å². The quantitative estimate of drug-likeness (QED) is 0.824. The number of hydrogen-bond donors (Lipinski definition) is 1. The summed E-state index contributed by atoms with van der Waals surface area (Å²) in [5.41, 5.74) is 2.60. The summed E-state index contributed by atoms with van der Waals surface area (Å²) in [4.78, 5) is 2.48. The van der Waals surface area contributed by atoms with Gasteiger partial charge in [0, 0.05) is 29.6 Å². The highest BCUT2D eigenvalue weighted by Crippen LogP contribution is 2.45. The lowest BCUT2D eigenvalue weighted by molar-refractivity contribution is 0.258. The second-order valence-corrected chi connectivity index (χ2v) is 6.44. The number of nitrogens with one attached hydrogen (secondary N) is 1. The lowest BCUT2D eigenvalue weighted by atomic mass is 9.83. The van der Waals surface area contributed by atoms with E-state index in [1.165, 1.54) is 11.1 Å². The Labute approximate surface area is 145 Å². The van der Waals surface area contributed by atoms with Crippen LogP contribution in [0.15, 0.2) is 48.5 Å². The van der Waals surface area contributed by atoms with Crippen molar-refractivity contribution in [1.29, 1.82) is 0 Å². The molecule has 0 aliphatic carbocycles. The van der Waals surface area contributed by atoms with E-state index in [-0.39, 0.29) is 0 Å². The van der Waals surface area contributed by atoms with E-state index in [9.17, 15) is 0 Å². The maximum atomic E-state index is 6.12. The van der Waals surface area contributed by atoms with Crippen LogP contribution < -0.4 is 10.1 Å². The predicted octanol–water partition coefficient (Wildman–Crippen LogP) is 4.24. The van der Waals surface area contributed by atoms with Crippen LogP contribution in [0.3, 0.4) is 0 Å². The second-order valence-electron chi connectivity index (χ2n) is 6.44. The number of hydrogen-bond acceptors (Lipinski definition) is 3. The molecule has 2 aromatic rings. The number of fused-ring (bicyclic) bond motifs is 2. The average molecular weight is 324 g/mol. The van der Waals surface area contributed by atoms with E-state index in [4.69, 9.17) is 4.74 Å². The molecule has 0 amide bonds. The maximum absolute atomic E-state index is 6.12. The third kappa shape index (κ3) is 3.47. The Kier molecular flexibility index (Phi) is 5.54. The molecule has 1 N–H and O–H groups in total. The fourth-order valence-corrected chi connectivity index (χ4v) is 3.62. The number of rotatable bonds is 7. The highest BCUT2D eigenvalue weighted by molar-refractivity contribution is 5.53. The number of benzene rings is 2. The third-order valence-electron chi connectivity index (χ3n) is 5.11. The molecule has 24 heavy (non-hydrogen) atoms. The highest BCUT2D eigenvalue weighted by atomic mass is 16.5. The number of nitrogens with zero attached hydrogens (tertiary/aromatic N) is 1. The molecule has 2 aromatic carbocycles. The van der Waals surface area contributed by atoms with Crippen LogP contribution in [0.4, 0.5) is 0 Å². The Balaban J connectivity index is 1.89. The molecule has 0 radical (unpaired) electrons. The zero-order valence-corrected chi connectivity index (χ0v) is 15.0. The zero-order chi connectivity index (χ0) is 16.9. The Bertz CT molecular complexity index is 621. The van der Waals surface area contributed by atoms with Gasteiger partial charge in [0.1, 0.15) is 11.5 Å². The Hall–Kier alpha value is -1.84. The molecule has 0 saturated heterocycles. The van der Waals surface area contributed by atoms with Gasteiger partial charge in [0.2, 0.25) is 0 Å². The fraction of sp³-hybridized carbons (Fsp3) is 0.429. The van der Waals surface area contributed by atoms with Crippen molar-refractivity contribution in [1.82, 2.24) is 10.2 Å². The van der Waals surface area contributed by atoms with Gasteiger partial charge >= 0.3 is 0 Å². The van der Waals surface area contributed by atoms with E-state index in [2.05, 4.69) is 79.6 Å². The molecule has 1 aliphatic rings. The van der Waals surface area contributed by atoms with E-state index in [0.717, 1.165) is 37.6 Å². The molecule has 1 heterocycles. The molecule has 0 bridgehead atoms. The normalized spacial score (nSPS) is 14.8. The first-order valence-electron chi connectivity index (χ1n) is 9.02. The summed E-state index contributed by atoms with van der Waals surface area (Å²) in [6.07, 6.45) is 1.07. The molecule has 0 saturated carbocycles. The summed E-state index contributed by atoms with van der Waals surface area (Å²) in [5.74, 6) is 2.37. The highest BCUT2D eigenvalue weighted by Gasteiger charge is 2.29. The van der Waals surface area contributed by atoms with E-state index < -0.39 is 0 Å². The van der Waals surface area contributed by atoms with Crippen molar-refractivity contribution in [2.24, 2.45) is 0 Å². The topological polar surface area (TPSA) is 24.5 Å². The van der Waals surface area contributed by atoms with Crippen molar-refractivity contribution in [3.8, 4) is 11.5 Å². The van der Waals surface area contributed by atoms with Crippen molar-refractivity contribution < 1.29 is 4.74 Å². The van der Waals surface area contributed by atoms with Crippen molar-refractivity contribution in [3.63, 3.8) is 0 Å². The summed E-state index contributed by atoms with van der Waals surface area (Å²) in [6, 6.07) is 17.4. The third-order valence-corrected chi connectivity index (χ3v) is 5.11. The standard InChI is InChI=1S/C21H28N2O/c1-4-23(5-2)15-16(22-3)14-19-17-10-6-8-12-20(17)24-21-13-9-7-11-18(19)21/h6-13,16,19,22H,4-5,14-15H2,1-3H3. The SMILES string of the molecule is CCN(CC)CC(CC1c2ccccc2Oc2ccccc21)NC. The molecule has 128 valence electrons. The first-order valence-corrected chi connectivity index (χ1v) is 9.02. The molecular formula is C21H28N2O. The summed E-state index contributed by atoms with van der Waals surface area (Å²) in [6.45, 7) is 7.72. The first-order chi connectivity index (χ1) is 11.8. The van der Waals surface area contributed by atoms with Crippen LogP contribution in [-0.4, -0.2) is 37.6 Å². The monoisotopic (exact) mass is 324 g/mol. The van der Waals surface area contributed by atoms with Gasteiger partial charge in [-0.15, -0.1) is 0 Å². The van der Waals surface area contributed by atoms with E-state index in [1.54, 1.807) is 0 Å². The van der Waals surface area contributed by atoms with E-state index in [1.807, 2.05) is 0 Å². The molecule has 3 nitrogen and oxygen atoms in total. The van der Waals surface area contributed by atoms with E-state index in [0.29, 0.717) is 12.0 Å². The molecule has 0 fully saturated rings. The number of ether oxygens (including phenoxy) is 1. The largest absolute Gasteiger partial charge is 0.457 e. The minimum atomic E-state index is 0.374. The zero-order valence-electron chi connectivity index (χ0n) is 15.0. The molecule has 3 rings (SSSR count).